The number of carbonyl (C=O) groups excluding carboxylic acids is 1. The molecule has 0 aliphatic carbocycles. The quantitative estimate of drug-likeness (QED) is 0.865. The zero-order valence-corrected chi connectivity index (χ0v) is 15.2. The van der Waals surface area contributed by atoms with E-state index in [1.807, 2.05) is 18.2 Å². The van der Waals surface area contributed by atoms with E-state index < -0.39 is 5.82 Å². The van der Waals surface area contributed by atoms with Gasteiger partial charge in [-0.25, -0.2) is 4.39 Å². The normalized spacial score (nSPS) is 17.0. The smallest absolute Gasteiger partial charge is 0.254 e. The molecule has 4 nitrogen and oxygen atoms in total. The van der Waals surface area contributed by atoms with Gasteiger partial charge in [-0.1, -0.05) is 49.4 Å². The van der Waals surface area contributed by atoms with Crippen LogP contribution in [0.4, 0.5) is 4.39 Å². The number of carbonyl (C=O) groups is 1. The Labute approximate surface area is 154 Å². The monoisotopic (exact) mass is 355 g/mol. The Morgan fingerprint density at radius 2 is 1.69 bits per heavy atom. The average Bonchev–Trinajstić information content (AvgIpc) is 2.69. The molecule has 138 valence electrons. The zero-order valence-electron chi connectivity index (χ0n) is 15.2. The van der Waals surface area contributed by atoms with Gasteiger partial charge in [0.15, 0.2) is 0 Å². The van der Waals surface area contributed by atoms with Gasteiger partial charge in [-0.15, -0.1) is 0 Å². The van der Waals surface area contributed by atoms with Crippen LogP contribution in [0.2, 0.25) is 0 Å². The first-order valence-electron chi connectivity index (χ1n) is 9.23. The lowest BCUT2D eigenvalue weighted by Crippen LogP contribution is -2.49. The van der Waals surface area contributed by atoms with Crippen LogP contribution in [0.3, 0.4) is 0 Å². The van der Waals surface area contributed by atoms with E-state index in [2.05, 4.69) is 34.2 Å². The number of benzene rings is 2. The predicted octanol–water partition coefficient (Wildman–Crippen LogP) is 2.93. The van der Waals surface area contributed by atoms with Crippen LogP contribution in [0.5, 0.6) is 0 Å². The lowest BCUT2D eigenvalue weighted by atomic mass is 10.0. The minimum absolute atomic E-state index is 0.0888. The first-order valence-corrected chi connectivity index (χ1v) is 9.23. The van der Waals surface area contributed by atoms with Crippen molar-refractivity contribution in [3.8, 4) is 0 Å². The molecular formula is C21H26FN3O. The largest absolute Gasteiger partial charge is 0.350 e. The van der Waals surface area contributed by atoms with E-state index in [1.54, 1.807) is 12.1 Å². The maximum Gasteiger partial charge on any atom is 0.254 e. The minimum Gasteiger partial charge on any atom is -0.350 e. The molecule has 1 aliphatic rings. The number of hydrogen-bond donors (Lipinski definition) is 1. The van der Waals surface area contributed by atoms with Gasteiger partial charge >= 0.3 is 0 Å². The summed E-state index contributed by atoms with van der Waals surface area (Å²) in [6.07, 6.45) is 0. The Morgan fingerprint density at radius 1 is 1.04 bits per heavy atom. The highest BCUT2D eigenvalue weighted by molar-refractivity contribution is 5.94. The van der Waals surface area contributed by atoms with Crippen LogP contribution >= 0.6 is 0 Å². The number of nitrogens with zero attached hydrogens (tertiary/aromatic N) is 2. The topological polar surface area (TPSA) is 35.6 Å². The van der Waals surface area contributed by atoms with Gasteiger partial charge in [-0.3, -0.25) is 9.69 Å². The van der Waals surface area contributed by atoms with Crippen LogP contribution in [-0.2, 0) is 0 Å². The molecular weight excluding hydrogens is 329 g/mol. The Kier molecular flexibility index (Phi) is 6.36. The third-order valence-corrected chi connectivity index (χ3v) is 5.05. The second-order valence-corrected chi connectivity index (χ2v) is 6.59. The number of likely N-dealkylation sites (N-methyl/N-ethyl adjacent to an activating group) is 1. The summed E-state index contributed by atoms with van der Waals surface area (Å²) in [6, 6.07) is 16.4. The molecule has 0 aromatic heterocycles. The van der Waals surface area contributed by atoms with E-state index in [0.29, 0.717) is 6.54 Å². The summed E-state index contributed by atoms with van der Waals surface area (Å²) in [5, 5.41) is 2.93. The fourth-order valence-electron chi connectivity index (χ4n) is 3.45. The van der Waals surface area contributed by atoms with Crippen molar-refractivity contribution in [2.45, 2.75) is 13.0 Å². The second kappa shape index (κ2) is 8.92. The molecule has 1 unspecified atom stereocenters. The van der Waals surface area contributed by atoms with Crippen LogP contribution in [0.1, 0.15) is 28.9 Å². The van der Waals surface area contributed by atoms with Gasteiger partial charge in [0.05, 0.1) is 11.6 Å². The molecule has 1 saturated heterocycles. The maximum atomic E-state index is 13.8. The van der Waals surface area contributed by atoms with E-state index in [9.17, 15) is 9.18 Å². The van der Waals surface area contributed by atoms with Crippen molar-refractivity contribution in [3.63, 3.8) is 0 Å². The molecule has 0 saturated carbocycles. The number of rotatable bonds is 6. The third kappa shape index (κ3) is 4.48. The first kappa shape index (κ1) is 18.5. The molecule has 2 aromatic rings. The molecule has 26 heavy (non-hydrogen) atoms. The highest BCUT2D eigenvalue weighted by atomic mass is 19.1. The molecule has 1 fully saturated rings. The number of halogens is 1. The molecule has 1 atom stereocenters. The molecule has 1 aliphatic heterocycles. The molecule has 0 bridgehead atoms. The van der Waals surface area contributed by atoms with Gasteiger partial charge in [0.25, 0.3) is 5.91 Å². The Bertz CT molecular complexity index is 714. The van der Waals surface area contributed by atoms with Crippen molar-refractivity contribution >= 4 is 5.91 Å². The molecule has 5 heteroatoms. The lowest BCUT2D eigenvalue weighted by Gasteiger charge is -2.39. The maximum absolute atomic E-state index is 13.8. The summed E-state index contributed by atoms with van der Waals surface area (Å²) in [6.45, 7) is 7.68. The number of hydrogen-bond acceptors (Lipinski definition) is 3. The molecule has 0 radical (unpaired) electrons. The number of piperazine rings is 1. The second-order valence-electron chi connectivity index (χ2n) is 6.59. The fourth-order valence-corrected chi connectivity index (χ4v) is 3.45. The van der Waals surface area contributed by atoms with Crippen molar-refractivity contribution in [2.75, 3.05) is 39.3 Å². The molecule has 2 aromatic carbocycles. The van der Waals surface area contributed by atoms with Gasteiger partial charge in [0, 0.05) is 32.7 Å². The van der Waals surface area contributed by atoms with Gasteiger partial charge in [0.2, 0.25) is 0 Å². The molecule has 3 rings (SSSR count). The van der Waals surface area contributed by atoms with Gasteiger partial charge in [-0.2, -0.15) is 0 Å². The van der Waals surface area contributed by atoms with Crippen LogP contribution in [-0.4, -0.2) is 55.0 Å². The molecule has 1 amide bonds. The summed E-state index contributed by atoms with van der Waals surface area (Å²) in [5.74, 6) is -0.853. The summed E-state index contributed by atoms with van der Waals surface area (Å²) in [7, 11) is 0. The van der Waals surface area contributed by atoms with Crippen LogP contribution < -0.4 is 5.32 Å². The van der Waals surface area contributed by atoms with E-state index in [-0.39, 0.29) is 17.5 Å². The average molecular weight is 355 g/mol. The highest BCUT2D eigenvalue weighted by Crippen LogP contribution is 2.22. The van der Waals surface area contributed by atoms with E-state index >= 15 is 0 Å². The van der Waals surface area contributed by atoms with Crippen LogP contribution in [0.15, 0.2) is 54.6 Å². The Morgan fingerprint density at radius 3 is 2.35 bits per heavy atom. The summed E-state index contributed by atoms with van der Waals surface area (Å²) in [5.41, 5.74) is 1.27. The third-order valence-electron chi connectivity index (χ3n) is 5.05. The van der Waals surface area contributed by atoms with E-state index in [1.165, 1.54) is 17.7 Å². The summed E-state index contributed by atoms with van der Waals surface area (Å²) >= 11 is 0. The number of amides is 1. The van der Waals surface area contributed by atoms with Gasteiger partial charge < -0.3 is 10.2 Å². The Hall–Kier alpha value is -2.24. The molecule has 1 N–H and O–H groups in total. The lowest BCUT2D eigenvalue weighted by molar-refractivity contribution is 0.0853. The van der Waals surface area contributed by atoms with Crippen molar-refractivity contribution in [1.82, 2.24) is 15.1 Å². The SMILES string of the molecule is CCN1CCN(C(CNC(=O)c2ccccc2F)c2ccccc2)CC1. The van der Waals surface area contributed by atoms with Crippen molar-refractivity contribution in [1.29, 1.82) is 0 Å². The highest BCUT2D eigenvalue weighted by Gasteiger charge is 2.25. The van der Waals surface area contributed by atoms with E-state index in [0.717, 1.165) is 32.7 Å². The van der Waals surface area contributed by atoms with E-state index in [4.69, 9.17) is 0 Å². The molecule has 1 heterocycles. The van der Waals surface area contributed by atoms with Crippen molar-refractivity contribution in [2.24, 2.45) is 0 Å². The van der Waals surface area contributed by atoms with Gasteiger partial charge in [0.1, 0.15) is 5.82 Å². The van der Waals surface area contributed by atoms with Crippen molar-refractivity contribution in [3.05, 3.63) is 71.5 Å². The van der Waals surface area contributed by atoms with Crippen LogP contribution in [0, 0.1) is 5.82 Å². The molecule has 0 spiro atoms. The Balaban J connectivity index is 1.70. The number of nitrogens with one attached hydrogen (secondary N) is 1. The first-order chi connectivity index (χ1) is 12.7. The minimum atomic E-state index is -0.488. The van der Waals surface area contributed by atoms with Crippen molar-refractivity contribution < 1.29 is 9.18 Å². The summed E-state index contributed by atoms with van der Waals surface area (Å²) < 4.78 is 13.8. The zero-order chi connectivity index (χ0) is 18.4. The predicted molar refractivity (Wildman–Crippen MR) is 102 cm³/mol. The van der Waals surface area contributed by atoms with Crippen LogP contribution in [0.25, 0.3) is 0 Å². The fraction of sp³-hybridized carbons (Fsp3) is 0.381. The van der Waals surface area contributed by atoms with Gasteiger partial charge in [-0.05, 0) is 24.2 Å². The standard InChI is InChI=1S/C21H26FN3O/c1-2-24-12-14-25(15-13-24)20(17-8-4-3-5-9-17)16-23-21(26)18-10-6-7-11-19(18)22/h3-11,20H,2,12-16H2,1H3,(H,23,26). The summed E-state index contributed by atoms with van der Waals surface area (Å²) in [4.78, 5) is 17.2.